The van der Waals surface area contributed by atoms with Crippen LogP contribution in [0.3, 0.4) is 0 Å². The summed E-state index contributed by atoms with van der Waals surface area (Å²) in [6, 6.07) is 8.65. The molecule has 0 saturated carbocycles. The van der Waals surface area contributed by atoms with Gasteiger partial charge in [-0.25, -0.2) is 0 Å². The number of benzene rings is 1. The van der Waals surface area contributed by atoms with Gasteiger partial charge in [0.2, 0.25) is 0 Å². The van der Waals surface area contributed by atoms with Crippen molar-refractivity contribution in [2.45, 2.75) is 32.4 Å². The number of hydrogen-bond donors (Lipinski definition) is 1. The topological polar surface area (TPSA) is 38.3 Å². The molecule has 1 N–H and O–H groups in total. The highest BCUT2D eigenvalue weighted by Gasteiger charge is 2.23. The fourth-order valence-corrected chi connectivity index (χ4v) is 3.63. The minimum Gasteiger partial charge on any atom is -0.494 e. The summed E-state index contributed by atoms with van der Waals surface area (Å²) in [7, 11) is -0.705. The van der Waals surface area contributed by atoms with Gasteiger partial charge in [0.25, 0.3) is 0 Å². The first-order valence-electron chi connectivity index (χ1n) is 6.53. The quantitative estimate of drug-likeness (QED) is 0.909. The van der Waals surface area contributed by atoms with Crippen molar-refractivity contribution < 1.29 is 8.95 Å². The van der Waals surface area contributed by atoms with E-state index < -0.39 is 10.8 Å². The molecule has 1 aliphatic heterocycles. The van der Waals surface area contributed by atoms with E-state index in [0.29, 0.717) is 11.8 Å². The second kappa shape index (κ2) is 6.34. The first kappa shape index (κ1) is 13.6. The molecule has 4 heteroatoms. The van der Waals surface area contributed by atoms with Crippen molar-refractivity contribution in [3.8, 4) is 5.75 Å². The minimum absolute atomic E-state index is 0.204. The first-order chi connectivity index (χ1) is 8.69. The number of hydrogen-bond acceptors (Lipinski definition) is 3. The van der Waals surface area contributed by atoms with Crippen LogP contribution in [0.5, 0.6) is 5.75 Å². The van der Waals surface area contributed by atoms with E-state index in [2.05, 4.69) is 31.3 Å². The lowest BCUT2D eigenvalue weighted by molar-refractivity contribution is 0.317. The van der Waals surface area contributed by atoms with Gasteiger partial charge in [-0.3, -0.25) is 4.21 Å². The lowest BCUT2D eigenvalue weighted by Crippen LogP contribution is -2.43. The van der Waals surface area contributed by atoms with E-state index in [4.69, 9.17) is 4.74 Å². The molecule has 0 amide bonds. The predicted octanol–water partition coefficient (Wildman–Crippen LogP) is 2.26. The monoisotopic (exact) mass is 267 g/mol. The molecule has 1 aliphatic rings. The Kier molecular flexibility index (Phi) is 4.78. The molecule has 2 rings (SSSR count). The van der Waals surface area contributed by atoms with E-state index in [1.54, 1.807) is 0 Å². The normalized spacial score (nSPS) is 28.0. The van der Waals surface area contributed by atoms with Crippen LogP contribution in [0.25, 0.3) is 0 Å². The van der Waals surface area contributed by atoms with Crippen molar-refractivity contribution in [1.82, 2.24) is 5.32 Å². The number of rotatable bonds is 4. The third kappa shape index (κ3) is 3.56. The third-order valence-corrected chi connectivity index (χ3v) is 4.61. The standard InChI is InChI=1S/C14H21NO2S/c1-3-8-17-13-6-4-12(5-7-13)14-10-18(16)9-11(2)15-14/h4-7,11,14-15H,3,8-10H2,1-2H3. The van der Waals surface area contributed by atoms with Gasteiger partial charge in [-0.15, -0.1) is 0 Å². The van der Waals surface area contributed by atoms with Crippen LogP contribution >= 0.6 is 0 Å². The van der Waals surface area contributed by atoms with Crippen LogP contribution in [0.2, 0.25) is 0 Å². The Hall–Kier alpha value is -0.870. The molecule has 3 unspecified atom stereocenters. The summed E-state index contributed by atoms with van der Waals surface area (Å²) < 4.78 is 17.3. The zero-order valence-electron chi connectivity index (χ0n) is 11.0. The third-order valence-electron chi connectivity index (χ3n) is 3.03. The predicted molar refractivity (Wildman–Crippen MR) is 75.4 cm³/mol. The van der Waals surface area contributed by atoms with Crippen LogP contribution in [0.15, 0.2) is 24.3 Å². The lowest BCUT2D eigenvalue weighted by atomic mass is 10.1. The zero-order valence-corrected chi connectivity index (χ0v) is 11.8. The van der Waals surface area contributed by atoms with E-state index in [0.717, 1.165) is 24.5 Å². The maximum absolute atomic E-state index is 11.7. The Balaban J connectivity index is 2.02. The molecule has 0 spiro atoms. The molecule has 1 fully saturated rings. The fourth-order valence-electron chi connectivity index (χ4n) is 2.18. The second-order valence-electron chi connectivity index (χ2n) is 4.81. The lowest BCUT2D eigenvalue weighted by Gasteiger charge is -2.28. The van der Waals surface area contributed by atoms with Gasteiger partial charge in [0, 0.05) is 34.4 Å². The van der Waals surface area contributed by atoms with Crippen LogP contribution in [-0.2, 0) is 10.8 Å². The van der Waals surface area contributed by atoms with Crippen molar-refractivity contribution in [3.05, 3.63) is 29.8 Å². The highest BCUT2D eigenvalue weighted by atomic mass is 32.2. The first-order valence-corrected chi connectivity index (χ1v) is 8.01. The Morgan fingerprint density at radius 3 is 2.67 bits per heavy atom. The maximum atomic E-state index is 11.7. The van der Waals surface area contributed by atoms with Crippen LogP contribution in [0.1, 0.15) is 31.9 Å². The van der Waals surface area contributed by atoms with Crippen molar-refractivity contribution in [2.75, 3.05) is 18.1 Å². The molecule has 0 aliphatic carbocycles. The maximum Gasteiger partial charge on any atom is 0.119 e. The van der Waals surface area contributed by atoms with Gasteiger partial charge in [0.05, 0.1) is 6.61 Å². The van der Waals surface area contributed by atoms with Crippen molar-refractivity contribution in [2.24, 2.45) is 0 Å². The number of ether oxygens (including phenoxy) is 1. The molecule has 18 heavy (non-hydrogen) atoms. The highest BCUT2D eigenvalue weighted by Crippen LogP contribution is 2.22. The van der Waals surface area contributed by atoms with E-state index in [-0.39, 0.29) is 6.04 Å². The summed E-state index contributed by atoms with van der Waals surface area (Å²) in [5.41, 5.74) is 1.19. The Labute approximate surface area is 111 Å². The molecule has 0 aromatic heterocycles. The summed E-state index contributed by atoms with van der Waals surface area (Å²) in [5.74, 6) is 2.37. The van der Waals surface area contributed by atoms with Gasteiger partial charge in [-0.1, -0.05) is 19.1 Å². The van der Waals surface area contributed by atoms with Crippen LogP contribution in [-0.4, -0.2) is 28.4 Å². The van der Waals surface area contributed by atoms with E-state index >= 15 is 0 Å². The SMILES string of the molecule is CCCOc1ccc(C2CS(=O)CC(C)N2)cc1. The summed E-state index contributed by atoms with van der Waals surface area (Å²) in [6.45, 7) is 4.93. The van der Waals surface area contributed by atoms with Gasteiger partial charge in [-0.2, -0.15) is 0 Å². The molecule has 1 heterocycles. The summed E-state index contributed by atoms with van der Waals surface area (Å²) >= 11 is 0. The van der Waals surface area contributed by atoms with Crippen molar-refractivity contribution in [1.29, 1.82) is 0 Å². The molecule has 0 radical (unpaired) electrons. The van der Waals surface area contributed by atoms with Crippen LogP contribution < -0.4 is 10.1 Å². The van der Waals surface area contributed by atoms with E-state index in [1.807, 2.05) is 12.1 Å². The molecule has 3 nitrogen and oxygen atoms in total. The number of nitrogens with one attached hydrogen (secondary N) is 1. The average molecular weight is 267 g/mol. The largest absolute Gasteiger partial charge is 0.494 e. The second-order valence-corrected chi connectivity index (χ2v) is 6.36. The fraction of sp³-hybridized carbons (Fsp3) is 0.571. The summed E-state index contributed by atoms with van der Waals surface area (Å²) in [6.07, 6.45) is 1.02. The van der Waals surface area contributed by atoms with Crippen molar-refractivity contribution in [3.63, 3.8) is 0 Å². The summed E-state index contributed by atoms with van der Waals surface area (Å²) in [5, 5.41) is 3.49. The molecule has 0 bridgehead atoms. The van der Waals surface area contributed by atoms with Gasteiger partial charge < -0.3 is 10.1 Å². The van der Waals surface area contributed by atoms with Gasteiger partial charge in [0.1, 0.15) is 5.75 Å². The summed E-state index contributed by atoms with van der Waals surface area (Å²) in [4.78, 5) is 0. The smallest absolute Gasteiger partial charge is 0.119 e. The molecule has 1 aromatic carbocycles. The molecule has 1 saturated heterocycles. The highest BCUT2D eigenvalue weighted by molar-refractivity contribution is 7.85. The molecular formula is C14H21NO2S. The van der Waals surface area contributed by atoms with E-state index in [9.17, 15) is 4.21 Å². The van der Waals surface area contributed by atoms with Gasteiger partial charge in [-0.05, 0) is 31.0 Å². The Morgan fingerprint density at radius 1 is 1.33 bits per heavy atom. The molecule has 100 valence electrons. The molecular weight excluding hydrogens is 246 g/mol. The average Bonchev–Trinajstić information content (AvgIpc) is 2.36. The zero-order chi connectivity index (χ0) is 13.0. The molecule has 3 atom stereocenters. The van der Waals surface area contributed by atoms with Gasteiger partial charge in [0.15, 0.2) is 0 Å². The van der Waals surface area contributed by atoms with Crippen LogP contribution in [0.4, 0.5) is 0 Å². The van der Waals surface area contributed by atoms with Crippen molar-refractivity contribution >= 4 is 10.8 Å². The van der Waals surface area contributed by atoms with Gasteiger partial charge >= 0.3 is 0 Å². The Bertz CT molecular complexity index is 405. The van der Waals surface area contributed by atoms with Crippen LogP contribution in [0, 0.1) is 0 Å². The van der Waals surface area contributed by atoms with E-state index in [1.165, 1.54) is 5.56 Å². The molecule has 1 aromatic rings. The minimum atomic E-state index is -0.705. The Morgan fingerprint density at radius 2 is 2.06 bits per heavy atom.